The maximum atomic E-state index is 9.84. The van der Waals surface area contributed by atoms with E-state index in [0.29, 0.717) is 11.5 Å². The maximum Gasteiger partial charge on any atom is 0.175 e. The smallest absolute Gasteiger partial charge is 0.175 e. The molecule has 0 aliphatic rings. The second-order valence-corrected chi connectivity index (χ2v) is 5.05. The van der Waals surface area contributed by atoms with Gasteiger partial charge in [-0.15, -0.1) is 0 Å². The molecule has 17 heavy (non-hydrogen) atoms. The molecule has 4 heteroatoms. The molecule has 0 aromatic heterocycles. The van der Waals surface area contributed by atoms with Crippen LogP contribution in [0.25, 0.3) is 0 Å². The van der Waals surface area contributed by atoms with Gasteiger partial charge in [0.25, 0.3) is 0 Å². The number of aliphatic hydroxyl groups is 1. The van der Waals surface area contributed by atoms with Gasteiger partial charge in [-0.1, -0.05) is 13.8 Å². The van der Waals surface area contributed by atoms with Gasteiger partial charge in [0.1, 0.15) is 0 Å². The summed E-state index contributed by atoms with van der Waals surface area (Å²) in [6.07, 6.45) is -0.538. The van der Waals surface area contributed by atoms with Crippen LogP contribution >= 0.6 is 15.9 Å². The predicted molar refractivity (Wildman–Crippen MR) is 72.0 cm³/mol. The van der Waals surface area contributed by atoms with Crippen molar-refractivity contribution in [3.05, 3.63) is 21.7 Å². The van der Waals surface area contributed by atoms with Crippen molar-refractivity contribution in [1.29, 1.82) is 0 Å². The summed E-state index contributed by atoms with van der Waals surface area (Å²) in [6, 6.07) is 1.84. The van der Waals surface area contributed by atoms with Gasteiger partial charge in [-0.3, -0.25) is 0 Å². The lowest BCUT2D eigenvalue weighted by atomic mass is 9.93. The lowest BCUT2D eigenvalue weighted by Crippen LogP contribution is -2.05. The summed E-state index contributed by atoms with van der Waals surface area (Å²) < 4.78 is 11.5. The van der Waals surface area contributed by atoms with Crippen molar-refractivity contribution in [3.8, 4) is 11.5 Å². The van der Waals surface area contributed by atoms with Crippen molar-refractivity contribution in [2.24, 2.45) is 0 Å². The van der Waals surface area contributed by atoms with Crippen LogP contribution in [0, 0.1) is 0 Å². The van der Waals surface area contributed by atoms with E-state index < -0.39 is 6.10 Å². The minimum Gasteiger partial charge on any atom is -0.493 e. The second-order valence-electron chi connectivity index (χ2n) is 4.26. The minimum absolute atomic E-state index is 0.286. The molecular weight excluding hydrogens is 284 g/mol. The lowest BCUT2D eigenvalue weighted by molar-refractivity contribution is 0.197. The van der Waals surface area contributed by atoms with E-state index in [-0.39, 0.29) is 5.92 Å². The number of methoxy groups -OCH3 is 2. The molecule has 1 rings (SSSR count). The largest absolute Gasteiger partial charge is 0.493 e. The molecule has 0 saturated heterocycles. The molecule has 0 amide bonds. The van der Waals surface area contributed by atoms with Crippen LogP contribution < -0.4 is 9.47 Å². The second kappa shape index (κ2) is 5.74. The van der Waals surface area contributed by atoms with Gasteiger partial charge in [-0.05, 0) is 46.0 Å². The predicted octanol–water partition coefficient (Wildman–Crippen LogP) is 3.64. The molecule has 96 valence electrons. The molecule has 0 saturated carbocycles. The van der Waals surface area contributed by atoms with E-state index in [1.54, 1.807) is 21.1 Å². The van der Waals surface area contributed by atoms with Crippen molar-refractivity contribution in [2.75, 3.05) is 14.2 Å². The third kappa shape index (κ3) is 2.75. The fraction of sp³-hybridized carbons (Fsp3) is 0.538. The van der Waals surface area contributed by atoms with Gasteiger partial charge in [0, 0.05) is 0 Å². The molecule has 1 unspecified atom stereocenters. The Hall–Kier alpha value is -0.740. The summed E-state index contributed by atoms with van der Waals surface area (Å²) >= 11 is 3.54. The van der Waals surface area contributed by atoms with E-state index in [9.17, 15) is 5.11 Å². The Morgan fingerprint density at radius 1 is 1.18 bits per heavy atom. The molecule has 1 N–H and O–H groups in total. The van der Waals surface area contributed by atoms with Gasteiger partial charge in [-0.2, -0.15) is 0 Å². The average molecular weight is 303 g/mol. The van der Waals surface area contributed by atoms with Gasteiger partial charge in [0.2, 0.25) is 0 Å². The van der Waals surface area contributed by atoms with Crippen molar-refractivity contribution < 1.29 is 14.6 Å². The highest BCUT2D eigenvalue weighted by atomic mass is 79.9. The Bertz CT molecular complexity index is 400. The van der Waals surface area contributed by atoms with Crippen LogP contribution in [0.15, 0.2) is 10.5 Å². The van der Waals surface area contributed by atoms with Gasteiger partial charge in [0.05, 0.1) is 24.8 Å². The number of rotatable bonds is 4. The summed E-state index contributed by atoms with van der Waals surface area (Å²) in [4.78, 5) is 0. The zero-order valence-electron chi connectivity index (χ0n) is 10.9. The van der Waals surface area contributed by atoms with E-state index in [1.165, 1.54) is 0 Å². The molecule has 0 bridgehead atoms. The Morgan fingerprint density at radius 2 is 1.76 bits per heavy atom. The van der Waals surface area contributed by atoms with Gasteiger partial charge >= 0.3 is 0 Å². The van der Waals surface area contributed by atoms with Gasteiger partial charge in [0.15, 0.2) is 11.5 Å². The van der Waals surface area contributed by atoms with Crippen molar-refractivity contribution in [3.63, 3.8) is 0 Å². The van der Waals surface area contributed by atoms with Crippen molar-refractivity contribution in [1.82, 2.24) is 0 Å². The third-order valence-corrected chi connectivity index (χ3v) is 3.50. The molecule has 1 aromatic carbocycles. The average Bonchev–Trinajstić information content (AvgIpc) is 2.26. The Kier molecular flexibility index (Phi) is 4.83. The van der Waals surface area contributed by atoms with Crippen LogP contribution in [-0.4, -0.2) is 19.3 Å². The molecule has 0 spiro atoms. The number of aliphatic hydroxyl groups excluding tert-OH is 1. The number of ether oxygens (including phenoxy) is 2. The highest BCUT2D eigenvalue weighted by Crippen LogP contribution is 2.44. The minimum atomic E-state index is -0.538. The molecule has 0 fully saturated rings. The van der Waals surface area contributed by atoms with E-state index in [0.717, 1.165) is 15.6 Å². The molecule has 0 aliphatic heterocycles. The number of hydrogen-bond donors (Lipinski definition) is 1. The Labute approximate surface area is 111 Å². The first-order valence-electron chi connectivity index (χ1n) is 5.56. The molecule has 1 aromatic rings. The zero-order chi connectivity index (χ0) is 13.2. The summed E-state index contributed by atoms with van der Waals surface area (Å²) in [7, 11) is 3.19. The SMILES string of the molecule is COc1cc(C(C)O)c(C(C)C)c(Br)c1OC. The van der Waals surface area contributed by atoms with E-state index >= 15 is 0 Å². The normalized spacial score (nSPS) is 12.7. The topological polar surface area (TPSA) is 38.7 Å². The third-order valence-electron chi connectivity index (χ3n) is 2.71. The van der Waals surface area contributed by atoms with E-state index in [1.807, 2.05) is 6.07 Å². The number of hydrogen-bond acceptors (Lipinski definition) is 3. The first-order chi connectivity index (χ1) is 7.93. The van der Waals surface area contributed by atoms with Crippen LogP contribution in [-0.2, 0) is 0 Å². The fourth-order valence-corrected chi connectivity index (χ4v) is 2.96. The van der Waals surface area contributed by atoms with Crippen LogP contribution in [0.4, 0.5) is 0 Å². The fourth-order valence-electron chi connectivity index (χ4n) is 1.92. The molecular formula is C13H19BrO3. The number of halogens is 1. The van der Waals surface area contributed by atoms with Crippen LogP contribution in [0.3, 0.4) is 0 Å². The first kappa shape index (κ1) is 14.3. The zero-order valence-corrected chi connectivity index (χ0v) is 12.5. The van der Waals surface area contributed by atoms with Crippen LogP contribution in [0.1, 0.15) is 43.9 Å². The van der Waals surface area contributed by atoms with Crippen LogP contribution in [0.5, 0.6) is 11.5 Å². The standard InChI is InChI=1S/C13H19BrO3/c1-7(2)11-9(8(3)15)6-10(16-4)13(17-5)12(11)14/h6-8,15H,1-5H3. The number of benzene rings is 1. The van der Waals surface area contributed by atoms with Crippen molar-refractivity contribution >= 4 is 15.9 Å². The molecule has 1 atom stereocenters. The quantitative estimate of drug-likeness (QED) is 0.923. The lowest BCUT2D eigenvalue weighted by Gasteiger charge is -2.21. The first-order valence-corrected chi connectivity index (χ1v) is 6.35. The van der Waals surface area contributed by atoms with Gasteiger partial charge < -0.3 is 14.6 Å². The summed E-state index contributed by atoms with van der Waals surface area (Å²) in [5, 5.41) is 9.84. The van der Waals surface area contributed by atoms with Crippen molar-refractivity contribution in [2.45, 2.75) is 32.8 Å². The highest BCUT2D eigenvalue weighted by Gasteiger charge is 2.21. The molecule has 0 radical (unpaired) electrons. The molecule has 0 aliphatic carbocycles. The Balaban J connectivity index is 3.56. The molecule has 3 nitrogen and oxygen atoms in total. The monoisotopic (exact) mass is 302 g/mol. The summed E-state index contributed by atoms with van der Waals surface area (Å²) in [6.45, 7) is 5.91. The highest BCUT2D eigenvalue weighted by molar-refractivity contribution is 9.10. The van der Waals surface area contributed by atoms with Crippen LogP contribution in [0.2, 0.25) is 0 Å². The van der Waals surface area contributed by atoms with E-state index in [4.69, 9.17) is 9.47 Å². The summed E-state index contributed by atoms with van der Waals surface area (Å²) in [5.74, 6) is 1.58. The Morgan fingerprint density at radius 3 is 2.12 bits per heavy atom. The molecule has 0 heterocycles. The maximum absolute atomic E-state index is 9.84. The van der Waals surface area contributed by atoms with Gasteiger partial charge in [-0.25, -0.2) is 0 Å². The summed E-state index contributed by atoms with van der Waals surface area (Å²) in [5.41, 5.74) is 1.92. The van der Waals surface area contributed by atoms with E-state index in [2.05, 4.69) is 29.8 Å².